The van der Waals surface area contributed by atoms with Crippen LogP contribution in [0.25, 0.3) is 0 Å². The molecule has 0 aliphatic heterocycles. The standard InChI is InChI=1S/C12H16BrNO2/c1-8(6-7-13)14-12(16)10-4-3-5-11(15)9(10)2/h3-5,8,15H,6-7H2,1-2H3,(H,14,16). The van der Waals surface area contributed by atoms with Crippen LogP contribution in [0.15, 0.2) is 18.2 Å². The molecule has 0 radical (unpaired) electrons. The topological polar surface area (TPSA) is 49.3 Å². The lowest BCUT2D eigenvalue weighted by Crippen LogP contribution is -2.33. The van der Waals surface area contributed by atoms with Gasteiger partial charge in [0.25, 0.3) is 5.91 Å². The number of carbonyl (C=O) groups is 1. The fourth-order valence-electron chi connectivity index (χ4n) is 1.41. The van der Waals surface area contributed by atoms with Crippen LogP contribution in [-0.2, 0) is 0 Å². The van der Waals surface area contributed by atoms with Crippen LogP contribution >= 0.6 is 15.9 Å². The van der Waals surface area contributed by atoms with E-state index in [1.807, 2.05) is 6.92 Å². The van der Waals surface area contributed by atoms with E-state index in [1.54, 1.807) is 25.1 Å². The average molecular weight is 286 g/mol. The Labute approximate surface area is 104 Å². The van der Waals surface area contributed by atoms with Gasteiger partial charge in [0.1, 0.15) is 5.75 Å². The van der Waals surface area contributed by atoms with Crippen LogP contribution in [0.4, 0.5) is 0 Å². The summed E-state index contributed by atoms with van der Waals surface area (Å²) in [6.45, 7) is 3.69. The summed E-state index contributed by atoms with van der Waals surface area (Å²) in [5, 5.41) is 13.2. The third-order valence-corrected chi connectivity index (χ3v) is 2.93. The van der Waals surface area contributed by atoms with Crippen molar-refractivity contribution in [3.8, 4) is 5.75 Å². The smallest absolute Gasteiger partial charge is 0.251 e. The van der Waals surface area contributed by atoms with E-state index in [-0.39, 0.29) is 17.7 Å². The fourth-order valence-corrected chi connectivity index (χ4v) is 2.09. The van der Waals surface area contributed by atoms with Gasteiger partial charge < -0.3 is 10.4 Å². The van der Waals surface area contributed by atoms with Crippen molar-refractivity contribution in [3.05, 3.63) is 29.3 Å². The van der Waals surface area contributed by atoms with E-state index in [0.717, 1.165) is 11.8 Å². The normalized spacial score (nSPS) is 12.2. The molecule has 0 aliphatic rings. The van der Waals surface area contributed by atoms with Gasteiger partial charge in [-0.1, -0.05) is 22.0 Å². The first-order valence-electron chi connectivity index (χ1n) is 5.21. The largest absolute Gasteiger partial charge is 0.508 e. The molecule has 0 spiro atoms. The highest BCUT2D eigenvalue weighted by Gasteiger charge is 2.13. The van der Waals surface area contributed by atoms with Crippen LogP contribution in [0.1, 0.15) is 29.3 Å². The summed E-state index contributed by atoms with van der Waals surface area (Å²) in [5.41, 5.74) is 1.15. The minimum atomic E-state index is -0.137. The Kier molecular flexibility index (Phi) is 4.80. The molecular formula is C12H16BrNO2. The van der Waals surface area contributed by atoms with E-state index in [4.69, 9.17) is 0 Å². The summed E-state index contributed by atoms with van der Waals surface area (Å²) >= 11 is 3.33. The Balaban J connectivity index is 2.77. The third-order valence-electron chi connectivity index (χ3n) is 2.47. The van der Waals surface area contributed by atoms with Crippen LogP contribution in [0.3, 0.4) is 0 Å². The Hall–Kier alpha value is -1.03. The van der Waals surface area contributed by atoms with E-state index >= 15 is 0 Å². The highest BCUT2D eigenvalue weighted by molar-refractivity contribution is 9.09. The van der Waals surface area contributed by atoms with Crippen LogP contribution < -0.4 is 5.32 Å². The summed E-state index contributed by atoms with van der Waals surface area (Å²) < 4.78 is 0. The van der Waals surface area contributed by atoms with Gasteiger partial charge in [0, 0.05) is 22.5 Å². The third kappa shape index (κ3) is 3.23. The molecule has 0 saturated heterocycles. The molecule has 0 heterocycles. The number of benzene rings is 1. The minimum Gasteiger partial charge on any atom is -0.508 e. The van der Waals surface area contributed by atoms with Gasteiger partial charge in [-0.2, -0.15) is 0 Å². The second-order valence-electron chi connectivity index (χ2n) is 3.80. The van der Waals surface area contributed by atoms with Gasteiger partial charge in [0.05, 0.1) is 0 Å². The maximum Gasteiger partial charge on any atom is 0.251 e. The van der Waals surface area contributed by atoms with Gasteiger partial charge in [-0.05, 0) is 32.4 Å². The quantitative estimate of drug-likeness (QED) is 0.836. The number of rotatable bonds is 4. The highest BCUT2D eigenvalue weighted by Crippen LogP contribution is 2.19. The second-order valence-corrected chi connectivity index (χ2v) is 4.59. The molecule has 16 heavy (non-hydrogen) atoms. The van der Waals surface area contributed by atoms with Crippen LogP contribution in [0.5, 0.6) is 5.75 Å². The van der Waals surface area contributed by atoms with Crippen molar-refractivity contribution >= 4 is 21.8 Å². The lowest BCUT2D eigenvalue weighted by atomic mass is 10.1. The maximum atomic E-state index is 11.9. The zero-order chi connectivity index (χ0) is 12.1. The summed E-state index contributed by atoms with van der Waals surface area (Å²) in [5.74, 6) is 0.0163. The van der Waals surface area contributed by atoms with E-state index in [2.05, 4.69) is 21.2 Å². The Bertz CT molecular complexity index is 379. The van der Waals surface area contributed by atoms with E-state index in [0.29, 0.717) is 11.1 Å². The molecule has 0 saturated carbocycles. The van der Waals surface area contributed by atoms with Gasteiger partial charge in [-0.3, -0.25) is 4.79 Å². The molecule has 2 N–H and O–H groups in total. The molecule has 1 aromatic rings. The highest BCUT2D eigenvalue weighted by atomic mass is 79.9. The van der Waals surface area contributed by atoms with Crippen molar-refractivity contribution in [1.29, 1.82) is 0 Å². The van der Waals surface area contributed by atoms with E-state index in [9.17, 15) is 9.90 Å². The number of hydrogen-bond acceptors (Lipinski definition) is 2. The van der Waals surface area contributed by atoms with Crippen molar-refractivity contribution < 1.29 is 9.90 Å². The predicted molar refractivity (Wildman–Crippen MR) is 68.2 cm³/mol. The maximum absolute atomic E-state index is 11.9. The SMILES string of the molecule is Cc1c(O)cccc1C(=O)NC(C)CCBr. The molecule has 0 aromatic heterocycles. The molecule has 1 rings (SSSR count). The molecule has 3 nitrogen and oxygen atoms in total. The number of carbonyl (C=O) groups excluding carboxylic acids is 1. The second kappa shape index (κ2) is 5.89. The average Bonchev–Trinajstić information content (AvgIpc) is 2.22. The number of aromatic hydroxyl groups is 1. The van der Waals surface area contributed by atoms with Crippen molar-refractivity contribution in [2.45, 2.75) is 26.3 Å². The molecule has 1 aromatic carbocycles. The van der Waals surface area contributed by atoms with E-state index < -0.39 is 0 Å². The number of nitrogens with one attached hydrogen (secondary N) is 1. The van der Waals surface area contributed by atoms with Crippen LogP contribution in [-0.4, -0.2) is 22.4 Å². The summed E-state index contributed by atoms with van der Waals surface area (Å²) in [6.07, 6.45) is 0.879. The molecule has 0 fully saturated rings. The zero-order valence-corrected chi connectivity index (χ0v) is 11.0. The lowest BCUT2D eigenvalue weighted by Gasteiger charge is -2.13. The summed E-state index contributed by atoms with van der Waals surface area (Å²) in [6, 6.07) is 5.08. The Morgan fingerprint density at radius 3 is 2.88 bits per heavy atom. The first-order valence-corrected chi connectivity index (χ1v) is 6.33. The number of phenols is 1. The number of phenolic OH excluding ortho intramolecular Hbond substituents is 1. The summed E-state index contributed by atoms with van der Waals surface area (Å²) in [7, 11) is 0. The molecule has 4 heteroatoms. The molecule has 1 atom stereocenters. The number of amides is 1. The first kappa shape index (κ1) is 13.0. The molecule has 88 valence electrons. The van der Waals surface area contributed by atoms with E-state index in [1.165, 1.54) is 0 Å². The van der Waals surface area contributed by atoms with Gasteiger partial charge in [0.2, 0.25) is 0 Å². The minimum absolute atomic E-state index is 0.119. The van der Waals surface area contributed by atoms with Gasteiger partial charge >= 0.3 is 0 Å². The molecular weight excluding hydrogens is 270 g/mol. The zero-order valence-electron chi connectivity index (χ0n) is 9.46. The Morgan fingerprint density at radius 2 is 2.25 bits per heavy atom. The molecule has 0 aliphatic carbocycles. The van der Waals surface area contributed by atoms with Crippen molar-refractivity contribution in [1.82, 2.24) is 5.32 Å². The van der Waals surface area contributed by atoms with Crippen molar-refractivity contribution in [2.75, 3.05) is 5.33 Å². The van der Waals surface area contributed by atoms with Crippen LogP contribution in [0.2, 0.25) is 0 Å². The van der Waals surface area contributed by atoms with Gasteiger partial charge in [0.15, 0.2) is 0 Å². The van der Waals surface area contributed by atoms with Crippen LogP contribution in [0, 0.1) is 6.92 Å². The molecule has 0 bridgehead atoms. The number of hydrogen-bond donors (Lipinski definition) is 2. The van der Waals surface area contributed by atoms with Gasteiger partial charge in [-0.25, -0.2) is 0 Å². The Morgan fingerprint density at radius 1 is 1.56 bits per heavy atom. The molecule has 1 amide bonds. The number of halogens is 1. The van der Waals surface area contributed by atoms with Gasteiger partial charge in [-0.15, -0.1) is 0 Å². The lowest BCUT2D eigenvalue weighted by molar-refractivity contribution is 0.0938. The molecule has 1 unspecified atom stereocenters. The number of alkyl halides is 1. The summed E-state index contributed by atoms with van der Waals surface area (Å²) in [4.78, 5) is 11.9. The monoisotopic (exact) mass is 285 g/mol. The van der Waals surface area contributed by atoms with Crippen molar-refractivity contribution in [3.63, 3.8) is 0 Å². The first-order chi connectivity index (χ1) is 7.56. The predicted octanol–water partition coefficient (Wildman–Crippen LogP) is 2.60. The fraction of sp³-hybridized carbons (Fsp3) is 0.417. The van der Waals surface area contributed by atoms with Crippen molar-refractivity contribution in [2.24, 2.45) is 0 Å².